The van der Waals surface area contributed by atoms with Gasteiger partial charge >= 0.3 is 0 Å². The molecule has 0 aromatic carbocycles. The van der Waals surface area contributed by atoms with Crippen molar-refractivity contribution in [2.75, 3.05) is 59.1 Å². The van der Waals surface area contributed by atoms with Crippen molar-refractivity contribution in [1.29, 1.82) is 0 Å². The molecule has 5 nitrogen and oxygen atoms in total. The third-order valence-corrected chi connectivity index (χ3v) is 3.21. The molecule has 0 spiro atoms. The van der Waals surface area contributed by atoms with E-state index in [2.05, 4.69) is 9.80 Å². The van der Waals surface area contributed by atoms with Gasteiger partial charge in [0.05, 0.1) is 0 Å². The zero-order chi connectivity index (χ0) is 13.2. The van der Waals surface area contributed by atoms with E-state index in [0.29, 0.717) is 13.2 Å². The summed E-state index contributed by atoms with van der Waals surface area (Å²) in [5.74, 6) is 0. The Labute approximate surface area is 111 Å². The highest BCUT2D eigenvalue weighted by Gasteiger charge is 2.20. The Balaban J connectivity index is 2.20. The molecule has 1 aliphatic heterocycles. The summed E-state index contributed by atoms with van der Waals surface area (Å²) in [6.45, 7) is 11.8. The SMILES string of the molecule is CCOC(CN1CCN(CCCO)CC1)OCC. The van der Waals surface area contributed by atoms with Gasteiger partial charge in [0.2, 0.25) is 0 Å². The van der Waals surface area contributed by atoms with Gasteiger partial charge in [-0.25, -0.2) is 0 Å². The molecule has 108 valence electrons. The number of aliphatic hydroxyl groups excluding tert-OH is 1. The van der Waals surface area contributed by atoms with Crippen LogP contribution < -0.4 is 0 Å². The Morgan fingerprint density at radius 2 is 1.56 bits per heavy atom. The van der Waals surface area contributed by atoms with Crippen molar-refractivity contribution < 1.29 is 14.6 Å². The minimum atomic E-state index is -0.0935. The van der Waals surface area contributed by atoms with E-state index < -0.39 is 0 Å². The molecular formula is C13H28N2O3. The Bertz CT molecular complexity index is 191. The van der Waals surface area contributed by atoms with E-state index >= 15 is 0 Å². The molecule has 0 saturated carbocycles. The summed E-state index contributed by atoms with van der Waals surface area (Å²) in [4.78, 5) is 4.80. The molecule has 1 rings (SSSR count). The molecule has 0 aromatic rings. The van der Waals surface area contributed by atoms with E-state index in [1.54, 1.807) is 0 Å². The summed E-state index contributed by atoms with van der Waals surface area (Å²) in [7, 11) is 0. The van der Waals surface area contributed by atoms with E-state index in [1.165, 1.54) is 0 Å². The van der Waals surface area contributed by atoms with Gasteiger partial charge < -0.3 is 19.5 Å². The molecule has 18 heavy (non-hydrogen) atoms. The fourth-order valence-electron chi connectivity index (χ4n) is 2.23. The van der Waals surface area contributed by atoms with Crippen LogP contribution in [0.25, 0.3) is 0 Å². The first kappa shape index (κ1) is 15.9. The third-order valence-electron chi connectivity index (χ3n) is 3.21. The predicted octanol–water partition coefficient (Wildman–Crippen LogP) is 0.386. The van der Waals surface area contributed by atoms with Crippen molar-refractivity contribution in [3.63, 3.8) is 0 Å². The fourth-order valence-corrected chi connectivity index (χ4v) is 2.23. The van der Waals surface area contributed by atoms with Crippen molar-refractivity contribution in [2.24, 2.45) is 0 Å². The van der Waals surface area contributed by atoms with Crippen molar-refractivity contribution >= 4 is 0 Å². The summed E-state index contributed by atoms with van der Waals surface area (Å²) < 4.78 is 11.1. The molecule has 0 aromatic heterocycles. The Kier molecular flexibility index (Phi) is 8.54. The molecule has 0 aliphatic carbocycles. The van der Waals surface area contributed by atoms with Crippen LogP contribution in [-0.2, 0) is 9.47 Å². The minimum Gasteiger partial charge on any atom is -0.396 e. The largest absolute Gasteiger partial charge is 0.396 e. The lowest BCUT2D eigenvalue weighted by Crippen LogP contribution is -2.49. The minimum absolute atomic E-state index is 0.0935. The lowest BCUT2D eigenvalue weighted by Gasteiger charge is -2.36. The summed E-state index contributed by atoms with van der Waals surface area (Å²) in [6, 6.07) is 0. The van der Waals surface area contributed by atoms with E-state index in [1.807, 2.05) is 13.8 Å². The van der Waals surface area contributed by atoms with Gasteiger partial charge in [-0.05, 0) is 20.3 Å². The Morgan fingerprint density at radius 3 is 2.06 bits per heavy atom. The van der Waals surface area contributed by atoms with Crippen molar-refractivity contribution in [3.05, 3.63) is 0 Å². The van der Waals surface area contributed by atoms with Crippen LogP contribution in [0, 0.1) is 0 Å². The van der Waals surface area contributed by atoms with Gasteiger partial charge in [0.1, 0.15) is 0 Å². The smallest absolute Gasteiger partial charge is 0.170 e. The maximum Gasteiger partial charge on any atom is 0.170 e. The first-order chi connectivity index (χ1) is 8.80. The average molecular weight is 260 g/mol. The number of hydrogen-bond acceptors (Lipinski definition) is 5. The molecule has 5 heteroatoms. The zero-order valence-corrected chi connectivity index (χ0v) is 11.8. The summed E-state index contributed by atoms with van der Waals surface area (Å²) in [6.07, 6.45) is 0.782. The highest BCUT2D eigenvalue weighted by Crippen LogP contribution is 2.06. The highest BCUT2D eigenvalue weighted by atomic mass is 16.7. The van der Waals surface area contributed by atoms with Gasteiger partial charge in [0.25, 0.3) is 0 Å². The molecular weight excluding hydrogens is 232 g/mol. The first-order valence-electron chi connectivity index (χ1n) is 7.08. The fraction of sp³-hybridized carbons (Fsp3) is 1.00. The quantitative estimate of drug-likeness (QED) is 0.608. The van der Waals surface area contributed by atoms with Crippen LogP contribution >= 0.6 is 0 Å². The van der Waals surface area contributed by atoms with Crippen LogP contribution in [-0.4, -0.2) is 80.3 Å². The number of nitrogens with zero attached hydrogens (tertiary/aromatic N) is 2. The average Bonchev–Trinajstić information content (AvgIpc) is 2.38. The van der Waals surface area contributed by atoms with Crippen LogP contribution in [0.1, 0.15) is 20.3 Å². The number of rotatable bonds is 9. The number of hydrogen-bond donors (Lipinski definition) is 1. The predicted molar refractivity (Wildman–Crippen MR) is 71.6 cm³/mol. The molecule has 0 unspecified atom stereocenters. The maximum atomic E-state index is 8.82. The standard InChI is InChI=1S/C13H28N2O3/c1-3-17-13(18-4-2)12-15-9-7-14(8-10-15)6-5-11-16/h13,16H,3-12H2,1-2H3. The number of aliphatic hydroxyl groups is 1. The molecule has 0 amide bonds. The number of ether oxygens (including phenoxy) is 2. The summed E-state index contributed by atoms with van der Waals surface area (Å²) >= 11 is 0. The second-order valence-electron chi connectivity index (χ2n) is 4.56. The maximum absolute atomic E-state index is 8.82. The molecule has 1 saturated heterocycles. The van der Waals surface area contributed by atoms with E-state index in [9.17, 15) is 0 Å². The molecule has 1 aliphatic rings. The van der Waals surface area contributed by atoms with Crippen molar-refractivity contribution in [2.45, 2.75) is 26.6 Å². The van der Waals surface area contributed by atoms with Crippen molar-refractivity contribution in [1.82, 2.24) is 9.80 Å². The van der Waals surface area contributed by atoms with E-state index in [4.69, 9.17) is 14.6 Å². The van der Waals surface area contributed by atoms with E-state index in [0.717, 1.165) is 45.7 Å². The highest BCUT2D eigenvalue weighted by molar-refractivity contribution is 4.72. The molecule has 0 atom stereocenters. The van der Waals surface area contributed by atoms with Gasteiger partial charge in [0.15, 0.2) is 6.29 Å². The van der Waals surface area contributed by atoms with E-state index in [-0.39, 0.29) is 12.9 Å². The third kappa shape index (κ3) is 6.11. The van der Waals surface area contributed by atoms with Crippen LogP contribution in [0.3, 0.4) is 0 Å². The Hall–Kier alpha value is -0.200. The number of piperazine rings is 1. The normalized spacial score (nSPS) is 18.7. The van der Waals surface area contributed by atoms with Gasteiger partial charge in [-0.2, -0.15) is 0 Å². The summed E-state index contributed by atoms with van der Waals surface area (Å²) in [5.41, 5.74) is 0. The first-order valence-corrected chi connectivity index (χ1v) is 7.08. The van der Waals surface area contributed by atoms with Gasteiger partial charge in [0, 0.05) is 59.1 Å². The van der Waals surface area contributed by atoms with Crippen LogP contribution in [0.15, 0.2) is 0 Å². The topological polar surface area (TPSA) is 45.2 Å². The lowest BCUT2D eigenvalue weighted by atomic mass is 10.3. The summed E-state index contributed by atoms with van der Waals surface area (Å²) in [5, 5.41) is 8.82. The Morgan fingerprint density at radius 1 is 1.00 bits per heavy atom. The van der Waals surface area contributed by atoms with Gasteiger partial charge in [-0.3, -0.25) is 4.90 Å². The second kappa shape index (κ2) is 9.69. The zero-order valence-electron chi connectivity index (χ0n) is 11.8. The van der Waals surface area contributed by atoms with Crippen LogP contribution in [0.4, 0.5) is 0 Å². The van der Waals surface area contributed by atoms with Gasteiger partial charge in [-0.15, -0.1) is 0 Å². The molecule has 1 heterocycles. The lowest BCUT2D eigenvalue weighted by molar-refractivity contribution is -0.149. The molecule has 1 fully saturated rings. The van der Waals surface area contributed by atoms with Crippen LogP contribution in [0.5, 0.6) is 0 Å². The molecule has 0 bridgehead atoms. The molecule has 1 N–H and O–H groups in total. The second-order valence-corrected chi connectivity index (χ2v) is 4.56. The monoisotopic (exact) mass is 260 g/mol. The van der Waals surface area contributed by atoms with Gasteiger partial charge in [-0.1, -0.05) is 0 Å². The molecule has 0 radical (unpaired) electrons. The van der Waals surface area contributed by atoms with Crippen molar-refractivity contribution in [3.8, 4) is 0 Å². The van der Waals surface area contributed by atoms with Crippen LogP contribution in [0.2, 0.25) is 0 Å².